The van der Waals surface area contributed by atoms with Crippen LogP contribution in [-0.2, 0) is 17.1 Å². The van der Waals surface area contributed by atoms with Crippen molar-refractivity contribution in [3.63, 3.8) is 0 Å². The molecule has 3 aromatic rings. The van der Waals surface area contributed by atoms with E-state index < -0.39 is 0 Å². The minimum Gasteiger partial charge on any atom is -0.316 e. The van der Waals surface area contributed by atoms with Gasteiger partial charge in [-0.1, -0.05) is 47.7 Å². The summed E-state index contributed by atoms with van der Waals surface area (Å²) in [6.07, 6.45) is 0. The van der Waals surface area contributed by atoms with Crippen molar-refractivity contribution in [1.82, 2.24) is 4.57 Å². The van der Waals surface area contributed by atoms with Crippen LogP contribution in [0, 0.1) is 0 Å². The van der Waals surface area contributed by atoms with Crippen molar-refractivity contribution in [3.8, 4) is 0 Å². The SMILES string of the molecule is CCn1c(=NC(=O)CSCc2ccccc2)sc2cccc(Br)c21. The summed E-state index contributed by atoms with van der Waals surface area (Å²) in [4.78, 5) is 17.3. The molecule has 0 aliphatic heterocycles. The van der Waals surface area contributed by atoms with Crippen LogP contribution in [0.1, 0.15) is 12.5 Å². The molecular weight excluding hydrogens is 404 g/mol. The number of hydrogen-bond donors (Lipinski definition) is 0. The normalized spacial score (nSPS) is 12.0. The van der Waals surface area contributed by atoms with Gasteiger partial charge >= 0.3 is 0 Å². The van der Waals surface area contributed by atoms with Gasteiger partial charge in [0.2, 0.25) is 0 Å². The fraction of sp³-hybridized carbons (Fsp3) is 0.222. The third-order valence-corrected chi connectivity index (χ3v) is 6.20. The second-order valence-electron chi connectivity index (χ2n) is 5.20. The topological polar surface area (TPSA) is 34.4 Å². The average molecular weight is 421 g/mol. The number of carbonyl (C=O) groups is 1. The van der Waals surface area contributed by atoms with Gasteiger partial charge in [0.1, 0.15) is 0 Å². The number of nitrogens with zero attached hydrogens (tertiary/aromatic N) is 2. The van der Waals surface area contributed by atoms with Crippen molar-refractivity contribution in [2.75, 3.05) is 5.75 Å². The molecule has 1 heterocycles. The molecule has 3 rings (SSSR count). The number of thiazole rings is 1. The number of para-hydroxylation sites is 1. The standard InChI is InChI=1S/C18H17BrN2OS2/c1-2-21-17-14(19)9-6-10-15(17)24-18(21)20-16(22)12-23-11-13-7-4-3-5-8-13/h3-10H,2,11-12H2,1H3. The Kier molecular flexibility index (Phi) is 5.92. The monoisotopic (exact) mass is 420 g/mol. The Hall–Kier alpha value is -1.37. The number of benzene rings is 2. The highest BCUT2D eigenvalue weighted by Crippen LogP contribution is 2.25. The first-order valence-corrected chi connectivity index (χ1v) is 10.4. The summed E-state index contributed by atoms with van der Waals surface area (Å²) in [6, 6.07) is 16.3. The maximum atomic E-state index is 12.2. The van der Waals surface area contributed by atoms with E-state index in [4.69, 9.17) is 0 Å². The van der Waals surface area contributed by atoms with E-state index in [0.717, 1.165) is 31.8 Å². The van der Waals surface area contributed by atoms with Crippen LogP contribution < -0.4 is 4.80 Å². The molecular formula is C18H17BrN2OS2. The molecule has 0 radical (unpaired) electrons. The van der Waals surface area contributed by atoms with Crippen LogP contribution in [0.3, 0.4) is 0 Å². The Morgan fingerprint density at radius 1 is 1.21 bits per heavy atom. The third-order valence-electron chi connectivity index (χ3n) is 3.53. The van der Waals surface area contributed by atoms with E-state index >= 15 is 0 Å². The lowest BCUT2D eigenvalue weighted by Gasteiger charge is -2.02. The zero-order valence-electron chi connectivity index (χ0n) is 13.2. The number of aryl methyl sites for hydroxylation is 1. The molecule has 0 saturated carbocycles. The van der Waals surface area contributed by atoms with Gasteiger partial charge in [-0.25, -0.2) is 0 Å². The highest BCUT2D eigenvalue weighted by molar-refractivity contribution is 9.10. The highest BCUT2D eigenvalue weighted by Gasteiger charge is 2.09. The molecule has 0 fully saturated rings. The van der Waals surface area contributed by atoms with Gasteiger partial charge in [-0.15, -0.1) is 11.8 Å². The first kappa shape index (κ1) is 17.5. The number of fused-ring (bicyclic) bond motifs is 1. The van der Waals surface area contributed by atoms with E-state index in [1.54, 1.807) is 23.1 Å². The first-order valence-electron chi connectivity index (χ1n) is 7.66. The number of hydrogen-bond acceptors (Lipinski definition) is 3. The fourth-order valence-corrected chi connectivity index (χ4v) is 5.05. The second kappa shape index (κ2) is 8.14. The molecule has 0 saturated heterocycles. The molecule has 2 aromatic carbocycles. The van der Waals surface area contributed by atoms with E-state index in [9.17, 15) is 4.79 Å². The van der Waals surface area contributed by atoms with Crippen LogP contribution in [-0.4, -0.2) is 16.2 Å². The van der Waals surface area contributed by atoms with Gasteiger partial charge in [0, 0.05) is 16.8 Å². The van der Waals surface area contributed by atoms with Gasteiger partial charge in [-0.3, -0.25) is 4.79 Å². The lowest BCUT2D eigenvalue weighted by Crippen LogP contribution is -2.16. The highest BCUT2D eigenvalue weighted by atomic mass is 79.9. The number of amides is 1. The molecule has 0 bridgehead atoms. The summed E-state index contributed by atoms with van der Waals surface area (Å²) in [5.74, 6) is 1.14. The van der Waals surface area contributed by atoms with Crippen molar-refractivity contribution >= 4 is 55.2 Å². The molecule has 3 nitrogen and oxygen atoms in total. The zero-order chi connectivity index (χ0) is 16.9. The van der Waals surface area contributed by atoms with Gasteiger partial charge in [0.15, 0.2) is 4.80 Å². The summed E-state index contributed by atoms with van der Waals surface area (Å²) in [5.41, 5.74) is 2.33. The molecule has 24 heavy (non-hydrogen) atoms. The minimum absolute atomic E-state index is 0.0826. The van der Waals surface area contributed by atoms with Gasteiger partial charge in [-0.05, 0) is 40.5 Å². The van der Waals surface area contributed by atoms with Crippen LogP contribution in [0.2, 0.25) is 0 Å². The first-order chi connectivity index (χ1) is 11.7. The lowest BCUT2D eigenvalue weighted by atomic mass is 10.2. The van der Waals surface area contributed by atoms with Crippen LogP contribution in [0.4, 0.5) is 0 Å². The summed E-state index contributed by atoms with van der Waals surface area (Å²) < 4.78 is 4.25. The Morgan fingerprint density at radius 3 is 2.75 bits per heavy atom. The van der Waals surface area contributed by atoms with E-state index in [1.165, 1.54) is 5.56 Å². The van der Waals surface area contributed by atoms with Crippen LogP contribution in [0.5, 0.6) is 0 Å². The Bertz CT molecular complexity index is 916. The summed E-state index contributed by atoms with van der Waals surface area (Å²) in [6.45, 7) is 2.85. The van der Waals surface area contributed by atoms with Gasteiger partial charge in [-0.2, -0.15) is 4.99 Å². The molecule has 0 N–H and O–H groups in total. The van der Waals surface area contributed by atoms with E-state index in [2.05, 4.69) is 50.6 Å². The van der Waals surface area contributed by atoms with Gasteiger partial charge < -0.3 is 4.57 Å². The van der Waals surface area contributed by atoms with Crippen molar-refractivity contribution in [2.24, 2.45) is 4.99 Å². The molecule has 1 aromatic heterocycles. The van der Waals surface area contributed by atoms with Crippen LogP contribution in [0.25, 0.3) is 10.2 Å². The van der Waals surface area contributed by atoms with Crippen molar-refractivity contribution in [2.45, 2.75) is 19.2 Å². The third kappa shape index (κ3) is 3.99. The van der Waals surface area contributed by atoms with E-state index in [1.807, 2.05) is 30.3 Å². The fourth-order valence-electron chi connectivity index (χ4n) is 2.43. The molecule has 6 heteroatoms. The van der Waals surface area contributed by atoms with Crippen molar-refractivity contribution < 1.29 is 4.79 Å². The predicted molar refractivity (Wildman–Crippen MR) is 106 cm³/mol. The number of carbonyl (C=O) groups excluding carboxylic acids is 1. The van der Waals surface area contributed by atoms with Crippen LogP contribution >= 0.6 is 39.0 Å². The van der Waals surface area contributed by atoms with Gasteiger partial charge in [0.05, 0.1) is 16.0 Å². The largest absolute Gasteiger partial charge is 0.316 e. The number of thioether (sulfide) groups is 1. The van der Waals surface area contributed by atoms with Crippen molar-refractivity contribution in [3.05, 3.63) is 63.4 Å². The second-order valence-corrected chi connectivity index (χ2v) is 8.05. The smallest absolute Gasteiger partial charge is 0.258 e. The van der Waals surface area contributed by atoms with E-state index in [-0.39, 0.29) is 5.91 Å². The summed E-state index contributed by atoms with van der Waals surface area (Å²) in [7, 11) is 0. The van der Waals surface area contributed by atoms with Crippen LogP contribution in [0.15, 0.2) is 58.0 Å². The van der Waals surface area contributed by atoms with Gasteiger partial charge in [0.25, 0.3) is 5.91 Å². The molecule has 124 valence electrons. The minimum atomic E-state index is -0.0826. The molecule has 0 atom stereocenters. The number of rotatable bonds is 5. The predicted octanol–water partition coefficient (Wildman–Crippen LogP) is 4.85. The molecule has 0 spiro atoms. The summed E-state index contributed by atoms with van der Waals surface area (Å²) >= 11 is 6.75. The Morgan fingerprint density at radius 2 is 2.00 bits per heavy atom. The molecule has 0 aliphatic rings. The quantitative estimate of drug-likeness (QED) is 0.591. The molecule has 1 amide bonds. The summed E-state index contributed by atoms with van der Waals surface area (Å²) in [5, 5.41) is 0. The average Bonchev–Trinajstić information content (AvgIpc) is 2.94. The molecule has 0 unspecified atom stereocenters. The Balaban J connectivity index is 1.77. The van der Waals surface area contributed by atoms with E-state index in [0.29, 0.717) is 5.75 Å². The molecule has 0 aliphatic carbocycles. The Labute approximate surface area is 157 Å². The van der Waals surface area contributed by atoms with Crippen molar-refractivity contribution in [1.29, 1.82) is 0 Å². The lowest BCUT2D eigenvalue weighted by molar-refractivity contribution is -0.115. The maximum absolute atomic E-state index is 12.2. The number of aromatic nitrogens is 1. The number of halogens is 1. The maximum Gasteiger partial charge on any atom is 0.258 e. The zero-order valence-corrected chi connectivity index (χ0v) is 16.5.